The number of ketones is 1. The van der Waals surface area contributed by atoms with Crippen molar-refractivity contribution in [3.8, 4) is 0 Å². The van der Waals surface area contributed by atoms with E-state index in [2.05, 4.69) is 9.94 Å². The molecule has 0 bridgehead atoms. The molecule has 0 saturated carbocycles. The molecule has 5 nitrogen and oxygen atoms in total. The van der Waals surface area contributed by atoms with Crippen LogP contribution in [0.1, 0.15) is 18.1 Å². The molecule has 3 rings (SSSR count). The molecule has 1 heterocycles. The highest BCUT2D eigenvalue weighted by molar-refractivity contribution is 5.88. The molecule has 0 aliphatic heterocycles. The molecular formula is C20H15F4N3O2. The number of aliphatic hydroxyl groups is 1. The Labute approximate surface area is 163 Å². The van der Waals surface area contributed by atoms with Crippen LogP contribution in [0, 0.1) is 12.4 Å². The third-order valence-corrected chi connectivity index (χ3v) is 4.44. The maximum atomic E-state index is 13.3. The molecule has 1 N–H and O–H groups in total. The molecular weight excluding hydrogens is 390 g/mol. The maximum Gasteiger partial charge on any atom is 0.407 e. The van der Waals surface area contributed by atoms with Crippen molar-refractivity contribution in [3.05, 3.63) is 71.0 Å². The highest BCUT2D eigenvalue weighted by Crippen LogP contribution is 2.37. The smallest absolute Gasteiger partial charge is 0.380 e. The van der Waals surface area contributed by atoms with Crippen molar-refractivity contribution in [1.82, 2.24) is 9.78 Å². The van der Waals surface area contributed by atoms with Crippen molar-refractivity contribution in [2.24, 2.45) is 0 Å². The molecule has 1 atom stereocenters. The third-order valence-electron chi connectivity index (χ3n) is 4.44. The standard InChI is InChI=1S/C20H15F4N3O2/c1-19(29,11-27-10-13-9-14(21)4-6-16(13)26-27)18(28)8-12-3-5-17(25-2)15(7-12)20(22,23)24/h3-7,9-10,29H,8,11H2,1H3/t19-/m0/s1. The second-order valence-electron chi connectivity index (χ2n) is 6.86. The quantitative estimate of drug-likeness (QED) is 0.508. The summed E-state index contributed by atoms with van der Waals surface area (Å²) in [5, 5.41) is 15.2. The van der Waals surface area contributed by atoms with Gasteiger partial charge < -0.3 is 5.11 Å². The first-order valence-corrected chi connectivity index (χ1v) is 8.45. The largest absolute Gasteiger partial charge is 0.407 e. The average molecular weight is 405 g/mol. The van der Waals surface area contributed by atoms with Gasteiger partial charge in [0, 0.05) is 18.0 Å². The van der Waals surface area contributed by atoms with Crippen molar-refractivity contribution in [3.63, 3.8) is 0 Å². The number of aromatic nitrogens is 2. The highest BCUT2D eigenvalue weighted by Gasteiger charge is 2.35. The number of nitrogens with zero attached hydrogens (tertiary/aromatic N) is 3. The first-order chi connectivity index (χ1) is 13.5. The van der Waals surface area contributed by atoms with Crippen molar-refractivity contribution < 1.29 is 27.5 Å². The zero-order valence-electron chi connectivity index (χ0n) is 15.2. The number of hydrogen-bond donors (Lipinski definition) is 1. The van der Waals surface area contributed by atoms with Gasteiger partial charge in [0.15, 0.2) is 11.5 Å². The second kappa shape index (κ2) is 7.29. The zero-order chi connectivity index (χ0) is 21.4. The second-order valence-corrected chi connectivity index (χ2v) is 6.86. The number of carbonyl (C=O) groups is 1. The number of fused-ring (bicyclic) bond motifs is 1. The van der Waals surface area contributed by atoms with Gasteiger partial charge >= 0.3 is 6.18 Å². The Morgan fingerprint density at radius 3 is 2.62 bits per heavy atom. The fourth-order valence-electron chi connectivity index (χ4n) is 2.93. The molecule has 0 amide bonds. The molecule has 29 heavy (non-hydrogen) atoms. The van der Waals surface area contributed by atoms with Crippen molar-refractivity contribution in [2.45, 2.75) is 31.7 Å². The van der Waals surface area contributed by atoms with Crippen LogP contribution in [-0.4, -0.2) is 26.3 Å². The third kappa shape index (κ3) is 4.43. The number of carbonyl (C=O) groups excluding carboxylic acids is 1. The van der Waals surface area contributed by atoms with Crippen molar-refractivity contribution in [1.29, 1.82) is 0 Å². The van der Waals surface area contributed by atoms with Crippen LogP contribution in [0.15, 0.2) is 42.6 Å². The van der Waals surface area contributed by atoms with Gasteiger partial charge in [-0.05, 0) is 30.7 Å². The Kier molecular flexibility index (Phi) is 5.15. The molecule has 0 fully saturated rings. The summed E-state index contributed by atoms with van der Waals surface area (Å²) in [6.45, 7) is 7.83. The minimum absolute atomic E-state index is 0.0303. The van der Waals surface area contributed by atoms with Crippen molar-refractivity contribution >= 4 is 22.4 Å². The lowest BCUT2D eigenvalue weighted by molar-refractivity contribution is -0.138. The molecule has 9 heteroatoms. The van der Waals surface area contributed by atoms with E-state index in [1.807, 2.05) is 0 Å². The van der Waals surface area contributed by atoms with Crippen LogP contribution in [-0.2, 0) is 23.9 Å². The van der Waals surface area contributed by atoms with E-state index in [0.717, 1.165) is 12.1 Å². The summed E-state index contributed by atoms with van der Waals surface area (Å²) < 4.78 is 53.8. The topological polar surface area (TPSA) is 59.5 Å². The van der Waals surface area contributed by atoms with Crippen LogP contribution in [0.5, 0.6) is 0 Å². The SMILES string of the molecule is [C-]#[N+]c1ccc(CC(=O)[C@@](C)(O)Cn2cc3cc(F)ccc3n2)cc1C(F)(F)F. The van der Waals surface area contributed by atoms with E-state index in [1.165, 1.54) is 42.1 Å². The first-order valence-electron chi connectivity index (χ1n) is 8.45. The summed E-state index contributed by atoms with van der Waals surface area (Å²) in [7, 11) is 0. The summed E-state index contributed by atoms with van der Waals surface area (Å²) in [6, 6.07) is 6.94. The van der Waals surface area contributed by atoms with E-state index < -0.39 is 41.0 Å². The molecule has 150 valence electrons. The highest BCUT2D eigenvalue weighted by atomic mass is 19.4. The minimum Gasteiger partial charge on any atom is -0.380 e. The van der Waals surface area contributed by atoms with Gasteiger partial charge in [-0.15, -0.1) is 0 Å². The van der Waals surface area contributed by atoms with Gasteiger partial charge in [-0.25, -0.2) is 9.24 Å². The van der Waals surface area contributed by atoms with Gasteiger partial charge in [0.2, 0.25) is 0 Å². The summed E-state index contributed by atoms with van der Waals surface area (Å²) >= 11 is 0. The lowest BCUT2D eigenvalue weighted by Crippen LogP contribution is -2.40. The Balaban J connectivity index is 1.81. The van der Waals surface area contributed by atoms with Gasteiger partial charge in [0.1, 0.15) is 11.4 Å². The Hall–Kier alpha value is -3.25. The van der Waals surface area contributed by atoms with E-state index in [9.17, 15) is 27.5 Å². The fourth-order valence-corrected chi connectivity index (χ4v) is 2.93. The fraction of sp³-hybridized carbons (Fsp3) is 0.250. The number of rotatable bonds is 5. The molecule has 0 spiro atoms. The summed E-state index contributed by atoms with van der Waals surface area (Å²) in [4.78, 5) is 15.4. The number of Topliss-reactive ketones (excluding diaryl/α,β-unsaturated/α-hetero) is 1. The van der Waals surface area contributed by atoms with Crippen molar-refractivity contribution in [2.75, 3.05) is 0 Å². The molecule has 0 aliphatic carbocycles. The van der Waals surface area contributed by atoms with Gasteiger partial charge in [-0.1, -0.05) is 18.2 Å². The summed E-state index contributed by atoms with van der Waals surface area (Å²) in [5.41, 5.74) is -3.10. The Bertz CT molecular complexity index is 1130. The number of alkyl halides is 3. The number of benzene rings is 2. The Morgan fingerprint density at radius 1 is 1.24 bits per heavy atom. The lowest BCUT2D eigenvalue weighted by Gasteiger charge is -2.22. The maximum absolute atomic E-state index is 13.3. The van der Waals surface area contributed by atoms with Crippen LogP contribution in [0.3, 0.4) is 0 Å². The van der Waals surface area contributed by atoms with Crippen LogP contribution in [0.2, 0.25) is 0 Å². The predicted octanol–water partition coefficient (Wildman–Crippen LogP) is 4.31. The van der Waals surface area contributed by atoms with Crippen LogP contribution < -0.4 is 0 Å². The molecule has 0 saturated heterocycles. The molecule has 2 aromatic carbocycles. The minimum atomic E-state index is -4.73. The van der Waals surface area contributed by atoms with Gasteiger partial charge in [-0.3, -0.25) is 9.48 Å². The van der Waals surface area contributed by atoms with E-state index in [4.69, 9.17) is 6.57 Å². The number of halogens is 4. The van der Waals surface area contributed by atoms with Crippen LogP contribution >= 0.6 is 0 Å². The first kappa shape index (κ1) is 20.5. The van der Waals surface area contributed by atoms with E-state index in [0.29, 0.717) is 10.9 Å². The van der Waals surface area contributed by atoms with E-state index in [1.54, 1.807) is 0 Å². The zero-order valence-corrected chi connectivity index (χ0v) is 15.2. The van der Waals surface area contributed by atoms with Gasteiger partial charge in [-0.2, -0.15) is 18.3 Å². The van der Waals surface area contributed by atoms with Crippen LogP contribution in [0.25, 0.3) is 15.7 Å². The van der Waals surface area contributed by atoms with Crippen LogP contribution in [0.4, 0.5) is 23.2 Å². The summed E-state index contributed by atoms with van der Waals surface area (Å²) in [5.74, 6) is -1.17. The van der Waals surface area contributed by atoms with Gasteiger partial charge in [0.05, 0.1) is 24.2 Å². The molecule has 0 aliphatic rings. The predicted molar refractivity (Wildman–Crippen MR) is 96.7 cm³/mol. The molecule has 0 radical (unpaired) electrons. The Morgan fingerprint density at radius 2 is 1.97 bits per heavy atom. The molecule has 3 aromatic rings. The number of hydrogen-bond acceptors (Lipinski definition) is 3. The lowest BCUT2D eigenvalue weighted by atomic mass is 9.94. The molecule has 1 aromatic heterocycles. The summed E-state index contributed by atoms with van der Waals surface area (Å²) in [6.07, 6.45) is -3.72. The van der Waals surface area contributed by atoms with E-state index >= 15 is 0 Å². The molecule has 0 unspecified atom stereocenters. The average Bonchev–Trinajstić information content (AvgIpc) is 3.01. The van der Waals surface area contributed by atoms with Gasteiger partial charge in [0.25, 0.3) is 0 Å². The van der Waals surface area contributed by atoms with E-state index in [-0.39, 0.29) is 12.1 Å². The normalized spacial score (nSPS) is 13.8. The monoisotopic (exact) mass is 405 g/mol.